The molecule has 0 N–H and O–H groups in total. The zero-order valence-electron chi connectivity index (χ0n) is 14.7. The molecule has 0 amide bonds. The number of thiazole rings is 1. The van der Waals surface area contributed by atoms with Crippen LogP contribution in [-0.2, 0) is 13.0 Å². The van der Waals surface area contributed by atoms with Crippen molar-refractivity contribution in [3.8, 4) is 21.1 Å². The highest BCUT2D eigenvalue weighted by molar-refractivity contribution is 7.20. The molecular weight excluding hydrogens is 363 g/mol. The summed E-state index contributed by atoms with van der Waals surface area (Å²) in [6.07, 6.45) is 0.883. The Morgan fingerprint density at radius 1 is 1.08 bits per heavy atom. The van der Waals surface area contributed by atoms with Gasteiger partial charge in [-0.25, -0.2) is 9.37 Å². The fourth-order valence-corrected chi connectivity index (χ4v) is 4.84. The molecular formula is C21H19FN2S2. The van der Waals surface area contributed by atoms with Crippen LogP contribution in [0.1, 0.15) is 17.0 Å². The Hall–Kier alpha value is -2.24. The van der Waals surface area contributed by atoms with Crippen molar-refractivity contribution in [3.05, 3.63) is 76.0 Å². The fourth-order valence-electron chi connectivity index (χ4n) is 3.21. The maximum Gasteiger partial charge on any atom is 0.134 e. The number of halogens is 1. The third kappa shape index (κ3) is 3.37. The third-order valence-electron chi connectivity index (χ3n) is 4.62. The number of aromatic nitrogens is 2. The monoisotopic (exact) mass is 382 g/mol. The lowest BCUT2D eigenvalue weighted by Gasteiger charge is -2.10. The van der Waals surface area contributed by atoms with E-state index < -0.39 is 0 Å². The molecule has 0 bridgehead atoms. The van der Waals surface area contributed by atoms with Crippen LogP contribution in [0.2, 0.25) is 0 Å². The second-order valence-electron chi connectivity index (χ2n) is 6.33. The van der Waals surface area contributed by atoms with Gasteiger partial charge in [-0.15, -0.1) is 22.7 Å². The summed E-state index contributed by atoms with van der Waals surface area (Å²) in [4.78, 5) is 6.05. The van der Waals surface area contributed by atoms with Crippen molar-refractivity contribution in [3.63, 3.8) is 0 Å². The van der Waals surface area contributed by atoms with Crippen LogP contribution in [-0.4, -0.2) is 9.55 Å². The van der Waals surface area contributed by atoms with Crippen molar-refractivity contribution in [2.24, 2.45) is 0 Å². The molecule has 3 aromatic heterocycles. The van der Waals surface area contributed by atoms with E-state index in [0.29, 0.717) is 0 Å². The number of benzene rings is 1. The van der Waals surface area contributed by atoms with Crippen molar-refractivity contribution in [2.75, 3.05) is 0 Å². The molecule has 2 nitrogen and oxygen atoms in total. The minimum atomic E-state index is -0.186. The SMILES string of the molecule is Cc1cc(-c2csc(-c3cccs3)n2)c(C)n1CCc1ccc(F)cc1. The standard InChI is InChI=1S/C21H19FN2S2/c1-14-12-18(19-13-26-21(23-19)20-4-3-11-25-20)15(2)24(14)10-9-16-5-7-17(22)8-6-16/h3-8,11-13H,9-10H2,1-2H3. The first-order valence-electron chi connectivity index (χ1n) is 8.53. The summed E-state index contributed by atoms with van der Waals surface area (Å²) < 4.78 is 15.4. The number of rotatable bonds is 5. The van der Waals surface area contributed by atoms with E-state index in [2.05, 4.69) is 47.4 Å². The maximum absolute atomic E-state index is 13.1. The highest BCUT2D eigenvalue weighted by Crippen LogP contribution is 2.33. The molecule has 132 valence electrons. The molecule has 4 aromatic rings. The second kappa shape index (κ2) is 7.17. The topological polar surface area (TPSA) is 17.8 Å². The van der Waals surface area contributed by atoms with Gasteiger partial charge in [0, 0.05) is 28.9 Å². The number of nitrogens with zero attached hydrogens (tertiary/aromatic N) is 2. The van der Waals surface area contributed by atoms with E-state index in [1.165, 1.54) is 34.0 Å². The molecule has 1 aromatic carbocycles. The summed E-state index contributed by atoms with van der Waals surface area (Å²) in [6.45, 7) is 5.16. The van der Waals surface area contributed by atoms with E-state index in [4.69, 9.17) is 4.98 Å². The summed E-state index contributed by atoms with van der Waals surface area (Å²) in [6, 6.07) is 13.2. The van der Waals surface area contributed by atoms with Crippen molar-refractivity contribution in [1.82, 2.24) is 9.55 Å². The van der Waals surface area contributed by atoms with Crippen LogP contribution in [0, 0.1) is 19.7 Å². The summed E-state index contributed by atoms with van der Waals surface area (Å²) >= 11 is 3.41. The normalized spacial score (nSPS) is 11.2. The van der Waals surface area contributed by atoms with Gasteiger partial charge in [-0.05, 0) is 55.5 Å². The lowest BCUT2D eigenvalue weighted by Crippen LogP contribution is -2.05. The first-order chi connectivity index (χ1) is 12.6. The zero-order valence-corrected chi connectivity index (χ0v) is 16.3. The molecule has 5 heteroatoms. The van der Waals surface area contributed by atoms with Crippen molar-refractivity contribution >= 4 is 22.7 Å². The van der Waals surface area contributed by atoms with Crippen molar-refractivity contribution in [1.29, 1.82) is 0 Å². The van der Waals surface area contributed by atoms with E-state index in [1.807, 2.05) is 12.1 Å². The average molecular weight is 383 g/mol. The van der Waals surface area contributed by atoms with Gasteiger partial charge < -0.3 is 4.57 Å². The van der Waals surface area contributed by atoms with Crippen molar-refractivity contribution < 1.29 is 4.39 Å². The molecule has 0 aliphatic rings. The molecule has 0 atom stereocenters. The van der Waals surface area contributed by atoms with Gasteiger partial charge in [-0.1, -0.05) is 18.2 Å². The van der Waals surface area contributed by atoms with Crippen LogP contribution in [0.4, 0.5) is 4.39 Å². The summed E-state index contributed by atoms with van der Waals surface area (Å²) in [5.41, 5.74) is 5.84. The highest BCUT2D eigenvalue weighted by Gasteiger charge is 2.14. The molecule has 0 radical (unpaired) electrons. The lowest BCUT2D eigenvalue weighted by molar-refractivity contribution is 0.624. The lowest BCUT2D eigenvalue weighted by atomic mass is 10.1. The summed E-state index contributed by atoms with van der Waals surface area (Å²) in [5.74, 6) is -0.186. The molecule has 0 spiro atoms. The van der Waals surface area contributed by atoms with Gasteiger partial charge in [0.05, 0.1) is 10.6 Å². The Labute approximate surface area is 160 Å². The largest absolute Gasteiger partial charge is 0.348 e. The van der Waals surface area contributed by atoms with Crippen LogP contribution >= 0.6 is 22.7 Å². The van der Waals surface area contributed by atoms with Gasteiger partial charge >= 0.3 is 0 Å². The number of aryl methyl sites for hydroxylation is 2. The Balaban J connectivity index is 1.57. The number of hydrogen-bond donors (Lipinski definition) is 0. The predicted octanol–water partition coefficient (Wildman–Crippen LogP) is 6.34. The van der Waals surface area contributed by atoms with Gasteiger partial charge in [0.2, 0.25) is 0 Å². The van der Waals surface area contributed by atoms with E-state index in [1.54, 1.807) is 22.7 Å². The maximum atomic E-state index is 13.1. The molecule has 0 saturated heterocycles. The molecule has 0 saturated carbocycles. The Morgan fingerprint density at radius 3 is 2.62 bits per heavy atom. The third-order valence-corrected chi connectivity index (χ3v) is 6.50. The smallest absolute Gasteiger partial charge is 0.134 e. The van der Waals surface area contributed by atoms with Crippen molar-refractivity contribution in [2.45, 2.75) is 26.8 Å². The average Bonchev–Trinajstić information content (AvgIpc) is 3.36. The number of thiophene rings is 1. The predicted molar refractivity (Wildman–Crippen MR) is 108 cm³/mol. The van der Waals surface area contributed by atoms with E-state index in [9.17, 15) is 4.39 Å². The Bertz CT molecular complexity index is 1010. The van der Waals surface area contributed by atoms with Crippen LogP contribution in [0.3, 0.4) is 0 Å². The van der Waals surface area contributed by atoms with Crippen LogP contribution < -0.4 is 0 Å². The molecule has 0 fully saturated rings. The van der Waals surface area contributed by atoms with Crippen LogP contribution in [0.5, 0.6) is 0 Å². The van der Waals surface area contributed by atoms with E-state index >= 15 is 0 Å². The Kier molecular flexibility index (Phi) is 4.74. The van der Waals surface area contributed by atoms with Crippen LogP contribution in [0.15, 0.2) is 53.2 Å². The number of hydrogen-bond acceptors (Lipinski definition) is 3. The summed E-state index contributed by atoms with van der Waals surface area (Å²) in [7, 11) is 0. The van der Waals surface area contributed by atoms with E-state index in [-0.39, 0.29) is 5.82 Å². The minimum Gasteiger partial charge on any atom is -0.348 e. The summed E-state index contributed by atoms with van der Waals surface area (Å²) in [5, 5.41) is 5.30. The zero-order chi connectivity index (χ0) is 18.1. The highest BCUT2D eigenvalue weighted by atomic mass is 32.1. The molecule has 3 heterocycles. The minimum absolute atomic E-state index is 0.186. The van der Waals surface area contributed by atoms with Crippen LogP contribution in [0.25, 0.3) is 21.1 Å². The molecule has 26 heavy (non-hydrogen) atoms. The quantitative estimate of drug-likeness (QED) is 0.394. The van der Waals surface area contributed by atoms with Gasteiger partial charge in [-0.2, -0.15) is 0 Å². The fraction of sp³-hybridized carbons (Fsp3) is 0.190. The molecule has 0 aliphatic carbocycles. The van der Waals surface area contributed by atoms with Gasteiger partial charge in [0.1, 0.15) is 10.8 Å². The first kappa shape index (κ1) is 17.2. The van der Waals surface area contributed by atoms with Gasteiger partial charge in [0.25, 0.3) is 0 Å². The molecule has 4 rings (SSSR count). The molecule has 0 unspecified atom stereocenters. The van der Waals surface area contributed by atoms with Gasteiger partial charge in [0.15, 0.2) is 0 Å². The second-order valence-corrected chi connectivity index (χ2v) is 8.13. The molecule has 0 aliphatic heterocycles. The van der Waals surface area contributed by atoms with Gasteiger partial charge in [-0.3, -0.25) is 0 Å². The first-order valence-corrected chi connectivity index (χ1v) is 10.3. The van der Waals surface area contributed by atoms with E-state index in [0.717, 1.165) is 29.2 Å². The Morgan fingerprint density at radius 2 is 1.88 bits per heavy atom.